The second-order valence-corrected chi connectivity index (χ2v) is 13.9. The van der Waals surface area contributed by atoms with Crippen LogP contribution in [-0.4, -0.2) is 74.4 Å². The van der Waals surface area contributed by atoms with E-state index in [0.717, 1.165) is 12.8 Å². The van der Waals surface area contributed by atoms with Crippen molar-refractivity contribution < 1.29 is 41.9 Å². The maximum absolute atomic E-state index is 6.55. The van der Waals surface area contributed by atoms with E-state index in [1.54, 1.807) is 0 Å². The molecule has 0 aromatic carbocycles. The Kier molecular flexibility index (Phi) is 10.7. The SMILES string of the molecule is CCCOB1OC(C)(CCC2(C)OB(OC(C)C)OC2(C)C)C(C)(CCC2(C)OB(OC(C)CC)OC2(C)C)O1. The molecule has 3 fully saturated rings. The zero-order chi connectivity index (χ0) is 30.2. The first-order chi connectivity index (χ1) is 18.3. The topological polar surface area (TPSA) is 83.1 Å². The van der Waals surface area contributed by atoms with E-state index in [1.807, 2.05) is 20.8 Å². The van der Waals surface area contributed by atoms with Gasteiger partial charge in [-0.2, -0.15) is 0 Å². The predicted molar refractivity (Wildman–Crippen MR) is 157 cm³/mol. The van der Waals surface area contributed by atoms with Crippen LogP contribution in [0.1, 0.15) is 129 Å². The Labute approximate surface area is 244 Å². The van der Waals surface area contributed by atoms with Crippen LogP contribution in [0.25, 0.3) is 0 Å². The summed E-state index contributed by atoms with van der Waals surface area (Å²) in [5.41, 5.74) is -3.58. The largest absolute Gasteiger partial charge is 0.640 e. The highest BCUT2D eigenvalue weighted by atomic mass is 16.8. The predicted octanol–water partition coefficient (Wildman–Crippen LogP) is 5.90. The number of hydrogen-bond donors (Lipinski definition) is 0. The molecule has 5 atom stereocenters. The molecule has 5 unspecified atom stereocenters. The summed E-state index contributed by atoms with van der Waals surface area (Å²) in [4.78, 5) is 0. The molecule has 0 bridgehead atoms. The summed E-state index contributed by atoms with van der Waals surface area (Å²) in [6.45, 7) is 27.3. The lowest BCUT2D eigenvalue weighted by Gasteiger charge is -2.45. The van der Waals surface area contributed by atoms with Gasteiger partial charge in [-0.3, -0.25) is 0 Å². The first-order valence-electron chi connectivity index (χ1n) is 15.3. The van der Waals surface area contributed by atoms with E-state index in [2.05, 4.69) is 69.2 Å². The van der Waals surface area contributed by atoms with Gasteiger partial charge in [0.2, 0.25) is 0 Å². The smallest absolute Gasteiger partial charge is 0.386 e. The molecule has 0 N–H and O–H groups in total. The van der Waals surface area contributed by atoms with Gasteiger partial charge in [-0.1, -0.05) is 13.8 Å². The van der Waals surface area contributed by atoms with Gasteiger partial charge in [-0.25, -0.2) is 0 Å². The first kappa shape index (κ1) is 34.3. The minimum Gasteiger partial charge on any atom is -0.386 e. The quantitative estimate of drug-likeness (QED) is 0.238. The normalized spacial score (nSPS) is 36.3. The zero-order valence-corrected chi connectivity index (χ0v) is 27.5. The summed E-state index contributed by atoms with van der Waals surface area (Å²) >= 11 is 0. The van der Waals surface area contributed by atoms with Crippen LogP contribution in [0.2, 0.25) is 0 Å². The van der Waals surface area contributed by atoms with Gasteiger partial charge in [-0.05, 0) is 115 Å². The minimum atomic E-state index is -0.739. The van der Waals surface area contributed by atoms with Crippen molar-refractivity contribution in [3.8, 4) is 0 Å². The van der Waals surface area contributed by atoms with E-state index in [0.29, 0.717) is 32.3 Å². The molecule has 0 saturated carbocycles. The van der Waals surface area contributed by atoms with Gasteiger partial charge in [-0.15, -0.1) is 0 Å². The first-order valence-corrected chi connectivity index (χ1v) is 15.3. The summed E-state index contributed by atoms with van der Waals surface area (Å²) < 4.78 is 56.0. The molecule has 3 rings (SSSR count). The molecule has 0 amide bonds. The molecule has 40 heavy (non-hydrogen) atoms. The van der Waals surface area contributed by atoms with Crippen LogP contribution in [0.4, 0.5) is 0 Å². The molecular weight excluding hydrogens is 513 g/mol. The summed E-state index contributed by atoms with van der Waals surface area (Å²) in [5.74, 6) is 0. The summed E-state index contributed by atoms with van der Waals surface area (Å²) in [5, 5.41) is 0. The lowest BCUT2D eigenvalue weighted by Crippen LogP contribution is -2.53. The minimum absolute atomic E-state index is 0.00502. The Morgan fingerprint density at radius 1 is 0.550 bits per heavy atom. The molecule has 0 radical (unpaired) electrons. The lowest BCUT2D eigenvalue weighted by molar-refractivity contribution is -0.0820. The standard InChI is InChI=1S/C28H55B3O9/c1-14-20-32-29-39-27(12,18-16-25(10)23(6,7)35-30(37-25)33-21(3)4)28(13,40-29)19-17-26(11)24(8,9)36-31(38-26)34-22(5)15-2/h21-22H,14-20H2,1-13H3. The Bertz CT molecular complexity index is 848. The van der Waals surface area contributed by atoms with E-state index in [9.17, 15) is 0 Å². The Morgan fingerprint density at radius 2 is 0.950 bits per heavy atom. The Balaban J connectivity index is 1.76. The number of hydrogen-bond acceptors (Lipinski definition) is 9. The fourth-order valence-corrected chi connectivity index (χ4v) is 5.41. The van der Waals surface area contributed by atoms with Crippen LogP contribution in [0, 0.1) is 0 Å². The third-order valence-corrected chi connectivity index (χ3v) is 9.79. The lowest BCUT2D eigenvalue weighted by atomic mass is 9.72. The summed E-state index contributed by atoms with van der Waals surface area (Å²) in [6.07, 6.45) is 4.51. The maximum Gasteiger partial charge on any atom is 0.640 e. The van der Waals surface area contributed by atoms with Crippen molar-refractivity contribution in [1.29, 1.82) is 0 Å². The molecular formula is C28H55B3O9. The van der Waals surface area contributed by atoms with Crippen molar-refractivity contribution in [1.82, 2.24) is 0 Å². The highest BCUT2D eigenvalue weighted by Gasteiger charge is 2.63. The molecule has 3 saturated heterocycles. The van der Waals surface area contributed by atoms with Crippen molar-refractivity contribution in [2.45, 2.75) is 174 Å². The molecule has 12 heteroatoms. The van der Waals surface area contributed by atoms with Gasteiger partial charge < -0.3 is 41.9 Å². The molecule has 3 aliphatic rings. The van der Waals surface area contributed by atoms with E-state index in [1.165, 1.54) is 0 Å². The van der Waals surface area contributed by atoms with Gasteiger partial charge in [0.15, 0.2) is 0 Å². The monoisotopic (exact) mass is 568 g/mol. The van der Waals surface area contributed by atoms with E-state index in [-0.39, 0.29) is 12.2 Å². The maximum atomic E-state index is 6.55. The second kappa shape index (κ2) is 12.4. The molecule has 0 aromatic rings. The molecule has 0 aromatic heterocycles. The van der Waals surface area contributed by atoms with Crippen molar-refractivity contribution >= 4 is 22.0 Å². The third-order valence-electron chi connectivity index (χ3n) is 9.79. The van der Waals surface area contributed by atoms with E-state index < -0.39 is 55.6 Å². The second-order valence-electron chi connectivity index (χ2n) is 13.9. The van der Waals surface area contributed by atoms with E-state index in [4.69, 9.17) is 41.9 Å². The molecule has 3 heterocycles. The van der Waals surface area contributed by atoms with Gasteiger partial charge in [0.1, 0.15) is 0 Å². The van der Waals surface area contributed by atoms with Gasteiger partial charge in [0.25, 0.3) is 0 Å². The highest BCUT2D eigenvalue weighted by Crippen LogP contribution is 2.50. The highest BCUT2D eigenvalue weighted by molar-refractivity contribution is 6.38. The molecule has 0 spiro atoms. The van der Waals surface area contributed by atoms with Crippen LogP contribution in [0.5, 0.6) is 0 Å². The van der Waals surface area contributed by atoms with Gasteiger partial charge >= 0.3 is 22.0 Å². The van der Waals surface area contributed by atoms with Crippen molar-refractivity contribution in [2.24, 2.45) is 0 Å². The van der Waals surface area contributed by atoms with Crippen LogP contribution in [-0.2, 0) is 41.9 Å². The van der Waals surface area contributed by atoms with Crippen LogP contribution >= 0.6 is 0 Å². The zero-order valence-electron chi connectivity index (χ0n) is 27.5. The molecule has 9 nitrogen and oxygen atoms in total. The summed E-state index contributed by atoms with van der Waals surface area (Å²) in [7, 11) is -2.14. The molecule has 0 aliphatic carbocycles. The van der Waals surface area contributed by atoms with Crippen molar-refractivity contribution in [3.05, 3.63) is 0 Å². The Hall–Kier alpha value is -0.165. The Morgan fingerprint density at radius 3 is 1.35 bits per heavy atom. The summed E-state index contributed by atoms with van der Waals surface area (Å²) in [6, 6.07) is 0. The average molecular weight is 568 g/mol. The molecule has 230 valence electrons. The number of rotatable bonds is 14. The fourth-order valence-electron chi connectivity index (χ4n) is 5.41. The average Bonchev–Trinajstić information content (AvgIpc) is 3.31. The van der Waals surface area contributed by atoms with Crippen molar-refractivity contribution in [2.75, 3.05) is 6.61 Å². The van der Waals surface area contributed by atoms with E-state index >= 15 is 0 Å². The van der Waals surface area contributed by atoms with Crippen LogP contribution < -0.4 is 0 Å². The van der Waals surface area contributed by atoms with Crippen molar-refractivity contribution in [3.63, 3.8) is 0 Å². The van der Waals surface area contributed by atoms with Gasteiger partial charge in [0, 0.05) is 18.8 Å². The van der Waals surface area contributed by atoms with Gasteiger partial charge in [0.05, 0.1) is 33.6 Å². The molecule has 3 aliphatic heterocycles. The third kappa shape index (κ3) is 7.13. The fraction of sp³-hybridized carbons (Fsp3) is 1.00. The van der Waals surface area contributed by atoms with Crippen LogP contribution in [0.3, 0.4) is 0 Å². The van der Waals surface area contributed by atoms with Crippen LogP contribution in [0.15, 0.2) is 0 Å².